The fourth-order valence-corrected chi connectivity index (χ4v) is 4.30. The number of benzene rings is 1. The Balaban J connectivity index is 1.67. The molecule has 0 radical (unpaired) electrons. The van der Waals surface area contributed by atoms with Gasteiger partial charge in [0, 0.05) is 17.6 Å². The van der Waals surface area contributed by atoms with Crippen molar-refractivity contribution in [2.75, 3.05) is 19.8 Å². The van der Waals surface area contributed by atoms with Gasteiger partial charge in [0.15, 0.2) is 11.5 Å². The highest BCUT2D eigenvalue weighted by Crippen LogP contribution is 2.38. The molecule has 0 N–H and O–H groups in total. The summed E-state index contributed by atoms with van der Waals surface area (Å²) in [6.07, 6.45) is 3.11. The number of aryl methyl sites for hydroxylation is 1. The second-order valence-corrected chi connectivity index (χ2v) is 7.06. The van der Waals surface area contributed by atoms with Gasteiger partial charge in [0.05, 0.1) is 11.6 Å². The number of rotatable bonds is 2. The molecule has 1 amide bonds. The molecule has 24 heavy (non-hydrogen) atoms. The molecule has 0 aliphatic carbocycles. The number of amides is 1. The Morgan fingerprint density at radius 2 is 2.17 bits per heavy atom. The van der Waals surface area contributed by atoms with Gasteiger partial charge in [-0.15, -0.1) is 11.3 Å². The minimum atomic E-state index is 0.00917. The van der Waals surface area contributed by atoms with E-state index in [-0.39, 0.29) is 11.9 Å². The van der Waals surface area contributed by atoms with E-state index in [1.807, 2.05) is 35.4 Å². The van der Waals surface area contributed by atoms with Gasteiger partial charge in [0.1, 0.15) is 18.2 Å². The normalized spacial score (nSPS) is 20.0. The molecule has 1 aromatic heterocycles. The van der Waals surface area contributed by atoms with Crippen molar-refractivity contribution in [2.24, 2.45) is 0 Å². The number of piperidine rings is 1. The predicted molar refractivity (Wildman–Crippen MR) is 91.9 cm³/mol. The smallest absolute Gasteiger partial charge is 0.258 e. The Kier molecular flexibility index (Phi) is 4.14. The van der Waals surface area contributed by atoms with Gasteiger partial charge in [-0.25, -0.2) is 4.98 Å². The number of carbonyl (C=O) groups excluding carboxylic acids is 1. The van der Waals surface area contributed by atoms with Crippen LogP contribution in [0.2, 0.25) is 0 Å². The molecule has 3 heterocycles. The summed E-state index contributed by atoms with van der Waals surface area (Å²) in [6, 6.07) is 5.59. The first kappa shape index (κ1) is 15.4. The molecule has 2 aliphatic heterocycles. The van der Waals surface area contributed by atoms with Gasteiger partial charge in [-0.3, -0.25) is 4.79 Å². The number of hydrogen-bond acceptors (Lipinski definition) is 5. The van der Waals surface area contributed by atoms with Crippen LogP contribution in [0.1, 0.15) is 46.4 Å². The molecule has 2 aromatic rings. The average molecular weight is 344 g/mol. The summed E-state index contributed by atoms with van der Waals surface area (Å²) >= 11 is 1.64. The van der Waals surface area contributed by atoms with Crippen molar-refractivity contribution in [2.45, 2.75) is 32.2 Å². The van der Waals surface area contributed by atoms with E-state index in [1.165, 1.54) is 0 Å². The fraction of sp³-hybridized carbons (Fsp3) is 0.444. The first-order valence-corrected chi connectivity index (χ1v) is 9.23. The van der Waals surface area contributed by atoms with Crippen LogP contribution in [0.4, 0.5) is 0 Å². The summed E-state index contributed by atoms with van der Waals surface area (Å²) in [5.41, 5.74) is 1.61. The van der Waals surface area contributed by atoms with Gasteiger partial charge in [-0.2, -0.15) is 0 Å². The van der Waals surface area contributed by atoms with Crippen molar-refractivity contribution in [3.63, 3.8) is 0 Å². The number of ether oxygens (including phenoxy) is 2. The highest BCUT2D eigenvalue weighted by molar-refractivity contribution is 7.09. The molecule has 6 heteroatoms. The highest BCUT2D eigenvalue weighted by atomic mass is 32.1. The van der Waals surface area contributed by atoms with Crippen molar-refractivity contribution >= 4 is 17.2 Å². The zero-order chi connectivity index (χ0) is 16.5. The number of thiazole rings is 1. The third kappa shape index (κ3) is 2.75. The highest BCUT2D eigenvalue weighted by Gasteiger charge is 2.33. The molecule has 1 fully saturated rings. The molecular weight excluding hydrogens is 324 g/mol. The van der Waals surface area contributed by atoms with Gasteiger partial charge < -0.3 is 14.4 Å². The average Bonchev–Trinajstić information content (AvgIpc) is 3.07. The lowest BCUT2D eigenvalue weighted by Gasteiger charge is -2.35. The predicted octanol–water partition coefficient (Wildman–Crippen LogP) is 3.59. The van der Waals surface area contributed by atoms with Crippen molar-refractivity contribution in [1.82, 2.24) is 9.88 Å². The van der Waals surface area contributed by atoms with Gasteiger partial charge in [0.2, 0.25) is 0 Å². The summed E-state index contributed by atoms with van der Waals surface area (Å²) in [7, 11) is 0. The summed E-state index contributed by atoms with van der Waals surface area (Å²) in [5.74, 6) is 1.24. The van der Waals surface area contributed by atoms with Gasteiger partial charge in [0.25, 0.3) is 5.91 Å². The molecule has 0 unspecified atom stereocenters. The molecular formula is C18H20N2O3S. The van der Waals surface area contributed by atoms with Crippen molar-refractivity contribution < 1.29 is 14.3 Å². The molecule has 1 atom stereocenters. The van der Waals surface area contributed by atoms with Crippen LogP contribution in [-0.2, 0) is 0 Å². The van der Waals surface area contributed by atoms with Crippen LogP contribution in [-0.4, -0.2) is 35.5 Å². The second kappa shape index (κ2) is 6.43. The summed E-state index contributed by atoms with van der Waals surface area (Å²) in [6.45, 7) is 3.75. The number of carbonyl (C=O) groups is 1. The lowest BCUT2D eigenvalue weighted by atomic mass is 10.0. The van der Waals surface area contributed by atoms with Crippen LogP contribution in [0.25, 0.3) is 0 Å². The standard InChI is InChI=1S/C18H20N2O3S/c1-12-11-24-17(19-12)14-6-2-3-8-20(14)18(21)13-5-4-7-15-16(13)23-10-9-22-15/h4-5,7,11,14H,2-3,6,8-10H2,1H3/t14-/m1/s1. The number of para-hydroxylation sites is 1. The number of nitrogens with zero attached hydrogens (tertiary/aromatic N) is 2. The lowest BCUT2D eigenvalue weighted by molar-refractivity contribution is 0.0601. The maximum Gasteiger partial charge on any atom is 0.258 e. The Morgan fingerprint density at radius 1 is 1.29 bits per heavy atom. The van der Waals surface area contributed by atoms with Crippen molar-refractivity contribution in [1.29, 1.82) is 0 Å². The van der Waals surface area contributed by atoms with Crippen LogP contribution in [0.15, 0.2) is 23.6 Å². The third-order valence-corrected chi connectivity index (χ3v) is 5.55. The molecule has 0 bridgehead atoms. The molecule has 2 aliphatic rings. The van der Waals surface area contributed by atoms with Crippen LogP contribution in [0.3, 0.4) is 0 Å². The summed E-state index contributed by atoms with van der Waals surface area (Å²) in [4.78, 5) is 19.8. The molecule has 0 spiro atoms. The topological polar surface area (TPSA) is 51.7 Å². The van der Waals surface area contributed by atoms with Crippen molar-refractivity contribution in [3.8, 4) is 11.5 Å². The second-order valence-electron chi connectivity index (χ2n) is 6.17. The summed E-state index contributed by atoms with van der Waals surface area (Å²) < 4.78 is 11.3. The van der Waals surface area contributed by atoms with E-state index in [1.54, 1.807) is 11.3 Å². The maximum atomic E-state index is 13.2. The Hall–Kier alpha value is -2.08. The minimum absolute atomic E-state index is 0.00917. The zero-order valence-electron chi connectivity index (χ0n) is 13.7. The first-order chi connectivity index (χ1) is 11.7. The Bertz CT molecular complexity index is 758. The molecule has 126 valence electrons. The summed E-state index contributed by atoms with van der Waals surface area (Å²) in [5, 5.41) is 3.08. The number of hydrogen-bond donors (Lipinski definition) is 0. The molecule has 0 saturated carbocycles. The van der Waals surface area contributed by atoms with Crippen LogP contribution in [0, 0.1) is 6.92 Å². The van der Waals surface area contributed by atoms with Crippen molar-refractivity contribution in [3.05, 3.63) is 39.8 Å². The lowest BCUT2D eigenvalue weighted by Crippen LogP contribution is -2.39. The van der Waals surface area contributed by atoms with E-state index < -0.39 is 0 Å². The number of fused-ring (bicyclic) bond motifs is 1. The number of aromatic nitrogens is 1. The Labute approximate surface area is 145 Å². The zero-order valence-corrected chi connectivity index (χ0v) is 14.5. The SMILES string of the molecule is Cc1csc([C@H]2CCCCN2C(=O)c2cccc3c2OCCO3)n1. The number of likely N-dealkylation sites (tertiary alicyclic amines) is 1. The molecule has 1 aromatic carbocycles. The molecule has 1 saturated heterocycles. The van der Waals surface area contributed by atoms with E-state index in [9.17, 15) is 4.79 Å². The Morgan fingerprint density at radius 3 is 3.00 bits per heavy atom. The maximum absolute atomic E-state index is 13.2. The van der Waals surface area contributed by atoms with Crippen LogP contribution >= 0.6 is 11.3 Å². The van der Waals surface area contributed by atoms with E-state index in [4.69, 9.17) is 9.47 Å². The quantitative estimate of drug-likeness (QED) is 0.835. The van der Waals surface area contributed by atoms with E-state index in [0.29, 0.717) is 30.3 Å². The third-order valence-electron chi connectivity index (χ3n) is 4.48. The fourth-order valence-electron chi connectivity index (χ4n) is 3.35. The van der Waals surface area contributed by atoms with E-state index in [2.05, 4.69) is 4.98 Å². The van der Waals surface area contributed by atoms with Gasteiger partial charge in [-0.05, 0) is 38.3 Å². The minimum Gasteiger partial charge on any atom is -0.486 e. The van der Waals surface area contributed by atoms with Gasteiger partial charge >= 0.3 is 0 Å². The first-order valence-electron chi connectivity index (χ1n) is 8.35. The van der Waals surface area contributed by atoms with E-state index >= 15 is 0 Å². The van der Waals surface area contributed by atoms with Gasteiger partial charge in [-0.1, -0.05) is 6.07 Å². The van der Waals surface area contributed by atoms with E-state index in [0.717, 1.165) is 36.5 Å². The molecule has 4 rings (SSSR count). The van der Waals surface area contributed by atoms with Crippen LogP contribution < -0.4 is 9.47 Å². The van der Waals surface area contributed by atoms with Crippen LogP contribution in [0.5, 0.6) is 11.5 Å². The largest absolute Gasteiger partial charge is 0.486 e. The monoisotopic (exact) mass is 344 g/mol. The molecule has 5 nitrogen and oxygen atoms in total.